The maximum atomic E-state index is 13.8. The van der Waals surface area contributed by atoms with Crippen LogP contribution in [0.4, 0.5) is 13.2 Å². The first kappa shape index (κ1) is 27.1. The summed E-state index contributed by atoms with van der Waals surface area (Å²) in [4.78, 5) is 5.60. The molecule has 4 rings (SSSR count). The summed E-state index contributed by atoms with van der Waals surface area (Å²) < 4.78 is 52.0. The maximum Gasteiger partial charge on any atom is 0.419 e. The lowest BCUT2D eigenvalue weighted by atomic mass is 9.86. The minimum Gasteiger partial charge on any atom is -0.493 e. The minimum absolute atomic E-state index is 0. The summed E-state index contributed by atoms with van der Waals surface area (Å²) in [5.41, 5.74) is 4.76. The molecule has 0 amide bonds. The highest BCUT2D eigenvalue weighted by molar-refractivity contribution is 5.85. The molecule has 194 valence electrons. The van der Waals surface area contributed by atoms with Crippen LogP contribution < -0.4 is 10.5 Å². The summed E-state index contributed by atoms with van der Waals surface area (Å²) in [5.74, 6) is 0.105. The normalized spacial score (nSPS) is 21.1. The lowest BCUT2D eigenvalue weighted by molar-refractivity contribution is -0.138. The summed E-state index contributed by atoms with van der Waals surface area (Å²) in [6.07, 6.45) is 2.66. The molecule has 2 aromatic rings. The number of nitrogens with zero attached hydrogens (tertiary/aromatic N) is 3. The molecule has 2 atom stereocenters. The van der Waals surface area contributed by atoms with E-state index in [0.717, 1.165) is 12.5 Å². The third kappa shape index (κ3) is 6.38. The molecule has 1 aromatic carbocycles. The Morgan fingerprint density at radius 1 is 1.23 bits per heavy atom. The van der Waals surface area contributed by atoms with Crippen molar-refractivity contribution in [2.24, 2.45) is 11.7 Å². The smallest absolute Gasteiger partial charge is 0.419 e. The van der Waals surface area contributed by atoms with E-state index < -0.39 is 23.9 Å². The zero-order valence-electron chi connectivity index (χ0n) is 19.3. The van der Waals surface area contributed by atoms with Crippen LogP contribution in [0.3, 0.4) is 0 Å². The number of aliphatic hydroxyl groups is 1. The summed E-state index contributed by atoms with van der Waals surface area (Å²) in [7, 11) is 0. The first-order valence-corrected chi connectivity index (χ1v) is 11.7. The van der Waals surface area contributed by atoms with Crippen LogP contribution in [-0.4, -0.2) is 45.4 Å². The van der Waals surface area contributed by atoms with Crippen molar-refractivity contribution in [3.63, 3.8) is 0 Å². The number of hydrogen-bond acceptors (Lipinski definition) is 6. The van der Waals surface area contributed by atoms with E-state index in [0.29, 0.717) is 25.3 Å². The number of nitrogens with one attached hydrogen (secondary N) is 1. The average Bonchev–Trinajstić information content (AvgIpc) is 3.43. The largest absolute Gasteiger partial charge is 0.493 e. The number of guanidine groups is 1. The fourth-order valence-electron chi connectivity index (χ4n) is 4.86. The number of hydrogen-bond donors (Lipinski definition) is 3. The Hall–Kier alpha value is -2.53. The number of likely N-dealkylation sites (tertiary alicyclic amines) is 1. The molecule has 35 heavy (non-hydrogen) atoms. The van der Waals surface area contributed by atoms with Crippen molar-refractivity contribution in [1.29, 1.82) is 5.41 Å². The maximum absolute atomic E-state index is 13.8. The summed E-state index contributed by atoms with van der Waals surface area (Å²) >= 11 is 0. The molecule has 1 saturated carbocycles. The zero-order chi connectivity index (χ0) is 24.3. The Bertz CT molecular complexity index is 997. The molecular formula is C23H31ClF3N5O3. The van der Waals surface area contributed by atoms with Gasteiger partial charge in [-0.2, -0.15) is 18.2 Å². The monoisotopic (exact) mass is 517 g/mol. The summed E-state index contributed by atoms with van der Waals surface area (Å²) in [6, 6.07) is 2.86. The molecule has 1 aliphatic heterocycles. The number of nitrogens with two attached hydrogens (primary N) is 1. The van der Waals surface area contributed by atoms with Crippen LogP contribution in [-0.2, 0) is 6.18 Å². The molecule has 1 aromatic heterocycles. The molecule has 4 N–H and O–H groups in total. The van der Waals surface area contributed by atoms with Gasteiger partial charge in [-0.15, -0.1) is 12.4 Å². The van der Waals surface area contributed by atoms with E-state index >= 15 is 0 Å². The zero-order valence-corrected chi connectivity index (χ0v) is 20.1. The van der Waals surface area contributed by atoms with Gasteiger partial charge in [-0.25, -0.2) is 0 Å². The van der Waals surface area contributed by atoms with Gasteiger partial charge in [-0.1, -0.05) is 37.3 Å². The van der Waals surface area contributed by atoms with Crippen LogP contribution in [0.2, 0.25) is 0 Å². The van der Waals surface area contributed by atoms with Gasteiger partial charge in [0.15, 0.2) is 5.96 Å². The van der Waals surface area contributed by atoms with Crippen LogP contribution in [0.15, 0.2) is 22.7 Å². The number of aromatic nitrogens is 2. The molecule has 0 radical (unpaired) electrons. The van der Waals surface area contributed by atoms with Crippen molar-refractivity contribution in [2.75, 3.05) is 13.2 Å². The molecule has 1 aliphatic carbocycles. The van der Waals surface area contributed by atoms with Crippen LogP contribution in [0.1, 0.15) is 68.9 Å². The van der Waals surface area contributed by atoms with Crippen molar-refractivity contribution in [1.82, 2.24) is 15.0 Å². The minimum atomic E-state index is -4.62. The van der Waals surface area contributed by atoms with E-state index in [9.17, 15) is 18.3 Å². The van der Waals surface area contributed by atoms with Crippen molar-refractivity contribution in [3.05, 3.63) is 29.7 Å². The van der Waals surface area contributed by atoms with E-state index in [1.807, 2.05) is 0 Å². The second-order valence-electron chi connectivity index (χ2n) is 9.04. The highest BCUT2D eigenvalue weighted by atomic mass is 35.5. The Balaban J connectivity index is 0.00000342. The fraction of sp³-hybridized carbons (Fsp3) is 0.609. The lowest BCUT2D eigenvalue weighted by Crippen LogP contribution is -2.37. The third-order valence-corrected chi connectivity index (χ3v) is 6.65. The number of alkyl halides is 3. The van der Waals surface area contributed by atoms with Gasteiger partial charge < -0.3 is 25.0 Å². The van der Waals surface area contributed by atoms with Crippen LogP contribution in [0.25, 0.3) is 11.4 Å². The van der Waals surface area contributed by atoms with Gasteiger partial charge in [-0.3, -0.25) is 5.41 Å². The number of ether oxygens (including phenoxy) is 1. The summed E-state index contributed by atoms with van der Waals surface area (Å²) in [6.45, 7) is 0.565. The quantitative estimate of drug-likeness (QED) is 0.271. The van der Waals surface area contributed by atoms with Gasteiger partial charge in [-0.05, 0) is 43.4 Å². The molecular weight excluding hydrogens is 487 g/mol. The first-order valence-electron chi connectivity index (χ1n) is 11.7. The predicted molar refractivity (Wildman–Crippen MR) is 125 cm³/mol. The number of rotatable bonds is 7. The molecule has 0 bridgehead atoms. The predicted octanol–water partition coefficient (Wildman–Crippen LogP) is 4.92. The number of aliphatic hydroxyl groups excluding tert-OH is 1. The van der Waals surface area contributed by atoms with Gasteiger partial charge in [0.25, 0.3) is 5.89 Å². The Morgan fingerprint density at radius 2 is 1.97 bits per heavy atom. The Labute approximate surface area is 207 Å². The molecule has 0 unspecified atom stereocenters. The highest BCUT2D eigenvalue weighted by Crippen LogP contribution is 2.39. The standard InChI is InChI=1S/C23H30F3N5O3.ClH/c24-23(25,26)16-13-15(8-9-18(16)33-12-4-7-14-5-2-1-3-6-14)20-29-21(34-30-20)19-17(32)10-11-31(19)22(27)28;/h8-9,13-14,17,19,32H,1-7,10-12H2,(H3,27,28);1H/t17-,19-;/m0./s1. The Morgan fingerprint density at radius 3 is 2.66 bits per heavy atom. The molecule has 8 nitrogen and oxygen atoms in total. The van der Waals surface area contributed by atoms with Crippen molar-refractivity contribution < 1.29 is 27.5 Å². The molecule has 2 heterocycles. The van der Waals surface area contributed by atoms with E-state index in [2.05, 4.69) is 10.1 Å². The molecule has 12 heteroatoms. The summed E-state index contributed by atoms with van der Waals surface area (Å²) in [5, 5.41) is 21.7. The van der Waals surface area contributed by atoms with Crippen molar-refractivity contribution in [3.8, 4) is 17.1 Å². The van der Waals surface area contributed by atoms with Gasteiger partial charge >= 0.3 is 6.18 Å². The van der Waals surface area contributed by atoms with Gasteiger partial charge in [0, 0.05) is 12.1 Å². The number of benzene rings is 1. The Kier molecular flexibility index (Phi) is 8.87. The lowest BCUT2D eigenvalue weighted by Gasteiger charge is -2.22. The first-order chi connectivity index (χ1) is 16.2. The third-order valence-electron chi connectivity index (χ3n) is 6.65. The van der Waals surface area contributed by atoms with Crippen LogP contribution >= 0.6 is 12.4 Å². The second kappa shape index (κ2) is 11.5. The van der Waals surface area contributed by atoms with E-state index in [1.54, 1.807) is 0 Å². The molecule has 0 spiro atoms. The molecule has 2 fully saturated rings. The van der Waals surface area contributed by atoms with Crippen LogP contribution in [0.5, 0.6) is 5.75 Å². The number of halogens is 4. The van der Waals surface area contributed by atoms with Crippen molar-refractivity contribution >= 4 is 18.4 Å². The SMILES string of the molecule is Cl.N=C(N)N1CC[C@H](O)[C@H]1c1nc(-c2ccc(OCCCC3CCCCC3)c(C(F)(F)F)c2)no1. The molecule has 1 saturated heterocycles. The van der Waals surface area contributed by atoms with E-state index in [1.165, 1.54) is 49.1 Å². The highest BCUT2D eigenvalue weighted by Gasteiger charge is 2.39. The fourth-order valence-corrected chi connectivity index (χ4v) is 4.86. The van der Waals surface area contributed by atoms with Gasteiger partial charge in [0.2, 0.25) is 5.82 Å². The van der Waals surface area contributed by atoms with E-state index in [4.69, 9.17) is 20.4 Å². The topological polar surface area (TPSA) is 121 Å². The second-order valence-corrected chi connectivity index (χ2v) is 9.04. The van der Waals surface area contributed by atoms with Gasteiger partial charge in [0.1, 0.15) is 11.8 Å². The van der Waals surface area contributed by atoms with Gasteiger partial charge in [0.05, 0.1) is 18.3 Å². The van der Waals surface area contributed by atoms with Crippen LogP contribution in [0, 0.1) is 11.3 Å². The average molecular weight is 518 g/mol. The van der Waals surface area contributed by atoms with Crippen molar-refractivity contribution in [2.45, 2.75) is 69.7 Å². The molecule has 2 aliphatic rings. The van der Waals surface area contributed by atoms with E-state index in [-0.39, 0.29) is 48.0 Å².